The number of aliphatic hydroxyl groups excluding tert-OH is 3. The molecule has 3 saturated carbocycles. The van der Waals surface area contributed by atoms with Gasteiger partial charge in [-0.15, -0.1) is 0 Å². The van der Waals surface area contributed by atoms with Crippen molar-refractivity contribution in [3.05, 3.63) is 120 Å². The monoisotopic (exact) mass is 1750 g/mol. The standard InChI is InChI=1S/C94H137N13O15S2/c1-56(2)23-19-24-57(3)68-37-38-69-67-36-35-64-50-65(39-41-93(64,6)70(67)40-42-94(68,69)7)122-92(121)95-43-18-17-32-72-82(111)104-81(59(5)110)89(118)103-78(87(116)101-76(53-108)58(4)109)55-124-123-54-77(86(115)98-73(47-60-25-11-9-12-26-60)83(112)99-75(85(114)97-72)49-63-51-96-71-31-16-15-30-66(63)71)102-84(113)74(48-61-27-13-10-14-28-61)100-88(117)79-33-21-45-106(79)91(120)80-34-22-46-107(80)90(119)62-29-20-44-105(8)52-62/h9-16,25-28,30-31,35,51,56-59,62,65-81,96,108-110H,17-24,29,32-34,36-50,52-55H2,1-8H3,(H,95,121)(H,97,114)(H,98,115)(H,99,112)(H,100,117)(H,101,116)(H,102,113)(H,103,118)(H,104,111)/p+1. The van der Waals surface area contributed by atoms with Gasteiger partial charge in [0.25, 0.3) is 0 Å². The van der Waals surface area contributed by atoms with Crippen molar-refractivity contribution in [1.82, 2.24) is 63.0 Å². The second-order valence-electron chi connectivity index (χ2n) is 38.1. The van der Waals surface area contributed by atoms with Gasteiger partial charge in [0, 0.05) is 56.3 Å². The summed E-state index contributed by atoms with van der Waals surface area (Å²) in [6.45, 7) is 16.6. The van der Waals surface area contributed by atoms with Crippen LogP contribution in [-0.2, 0) is 65.5 Å². The fourth-order valence-corrected chi connectivity index (χ4v) is 24.4. The van der Waals surface area contributed by atoms with Crippen molar-refractivity contribution < 1.29 is 77.7 Å². The van der Waals surface area contributed by atoms with E-state index in [1.165, 1.54) is 74.2 Å². The maximum Gasteiger partial charge on any atom is 0.407 e. The van der Waals surface area contributed by atoms with Crippen LogP contribution in [0.2, 0.25) is 0 Å². The molecule has 24 atom stereocenters. The Morgan fingerprint density at radius 1 is 0.669 bits per heavy atom. The van der Waals surface area contributed by atoms with Crippen LogP contribution in [0.25, 0.3) is 0 Å². The van der Waals surface area contributed by atoms with E-state index in [-0.39, 0.29) is 111 Å². The minimum Gasteiger partial charge on any atom is -0.446 e. The van der Waals surface area contributed by atoms with Crippen molar-refractivity contribution >= 4 is 86.8 Å². The second kappa shape index (κ2) is 43.9. The summed E-state index contributed by atoms with van der Waals surface area (Å²) in [4.78, 5) is 169. The molecule has 0 radical (unpaired) electrons. The number of fused-ring (bicyclic) bond motifs is 6. The average Bonchev–Trinajstić information content (AvgIpc) is 1.42. The Morgan fingerprint density at radius 2 is 1.35 bits per heavy atom. The van der Waals surface area contributed by atoms with Crippen LogP contribution in [0.15, 0.2) is 108 Å². The topological polar surface area (TPSA) is 389 Å². The molecule has 124 heavy (non-hydrogen) atoms. The zero-order valence-electron chi connectivity index (χ0n) is 73.8. The first-order valence-corrected chi connectivity index (χ1v) is 48.6. The molecular weight excluding hydrogens is 1620 g/mol. The van der Waals surface area contributed by atoms with E-state index < -0.39 is 133 Å². The van der Waals surface area contributed by atoms with Crippen LogP contribution < -0.4 is 58.1 Å². The maximum atomic E-state index is 15.6. The van der Waals surface area contributed by atoms with Gasteiger partial charge in [-0.05, 0) is 192 Å². The molecule has 5 aliphatic carbocycles. The normalized spacial score (nSPS) is 32.4. The van der Waals surface area contributed by atoms with Crippen LogP contribution in [0, 0.1) is 58.2 Å². The van der Waals surface area contributed by atoms with E-state index in [4.69, 9.17) is 4.74 Å². The van der Waals surface area contributed by atoms with Gasteiger partial charge in [-0.25, -0.2) is 4.79 Å². The Hall–Kier alpha value is -8.29. The average molecular weight is 1750 g/mol. The fraction of sp³-hybridized carbons (Fsp3) is 0.670. The highest BCUT2D eigenvalue weighted by molar-refractivity contribution is 8.76. The van der Waals surface area contributed by atoms with Crippen molar-refractivity contribution in [2.24, 2.45) is 58.2 Å². The molecule has 5 aliphatic heterocycles. The highest BCUT2D eigenvalue weighted by Gasteiger charge is 2.60. The third-order valence-corrected chi connectivity index (χ3v) is 31.5. The van der Waals surface area contributed by atoms with Gasteiger partial charge in [0.1, 0.15) is 60.5 Å². The van der Waals surface area contributed by atoms with Crippen LogP contribution in [0.4, 0.5) is 4.79 Å². The van der Waals surface area contributed by atoms with E-state index >= 15 is 24.0 Å². The predicted molar refractivity (Wildman–Crippen MR) is 476 cm³/mol. The first-order valence-electron chi connectivity index (χ1n) is 46.1. The van der Waals surface area contributed by atoms with Crippen molar-refractivity contribution in [3.63, 3.8) is 0 Å². The number of nitrogens with one attached hydrogen (secondary N) is 11. The SMILES string of the molecule is CC(C)CCCC(C)C1CCC2C3CC=C4CC(OC(=O)NCCCCC5NC(=O)C(CC6=CNC7C=CC=CC67)NC(=O)C(Cc6ccccc6)NC(=O)C(NC(=O)C(Cc6ccccc6)NC(=O)C6CCCN6C(=O)C6CCCN6C(=O)C6CCC[NH+](C)C6)CSSCC(C(=O)NC(CO)C(C)O)NC(=O)C(C(C)O)NC5=O)CCC4(C)C3CCC12C. The molecule has 24 unspecified atom stereocenters. The fourth-order valence-electron chi connectivity index (χ4n) is 22.0. The van der Waals surface area contributed by atoms with E-state index in [9.17, 15) is 44.1 Å². The highest BCUT2D eigenvalue weighted by atomic mass is 33.1. The van der Waals surface area contributed by atoms with E-state index in [2.05, 4.69) is 101 Å². The number of unbranched alkanes of at least 4 members (excludes halogenated alkanes) is 1. The van der Waals surface area contributed by atoms with Crippen LogP contribution in [-0.4, -0.2) is 233 Å². The van der Waals surface area contributed by atoms with Gasteiger partial charge in [0.05, 0.1) is 57.0 Å². The van der Waals surface area contributed by atoms with E-state index in [1.54, 1.807) is 71.8 Å². The number of benzene rings is 2. The summed E-state index contributed by atoms with van der Waals surface area (Å²) in [7, 11) is 4.01. The zero-order chi connectivity index (χ0) is 88.5. The van der Waals surface area contributed by atoms with Crippen molar-refractivity contribution in [3.8, 4) is 0 Å². The highest BCUT2D eigenvalue weighted by Crippen LogP contribution is 2.67. The van der Waals surface area contributed by atoms with Crippen LogP contribution in [0.5, 0.6) is 0 Å². The molecule has 5 heterocycles. The van der Waals surface area contributed by atoms with Gasteiger partial charge in [-0.1, -0.05) is 172 Å². The van der Waals surface area contributed by atoms with Crippen molar-refractivity contribution in [1.29, 1.82) is 0 Å². The lowest BCUT2D eigenvalue weighted by Gasteiger charge is -2.58. The molecule has 0 aromatic heterocycles. The van der Waals surface area contributed by atoms with E-state index in [0.29, 0.717) is 72.7 Å². The molecule has 28 nitrogen and oxygen atoms in total. The Labute approximate surface area is 739 Å². The molecule has 14 N–H and O–H groups in total. The minimum atomic E-state index is -1.79. The number of aliphatic hydroxyl groups is 3. The van der Waals surface area contributed by atoms with Gasteiger partial charge in [-0.3, -0.25) is 47.9 Å². The lowest BCUT2D eigenvalue weighted by atomic mass is 9.47. The largest absolute Gasteiger partial charge is 0.446 e. The summed E-state index contributed by atoms with van der Waals surface area (Å²) in [6, 6.07) is 3.86. The summed E-state index contributed by atoms with van der Waals surface area (Å²) in [6.07, 6.45) is 24.1. The Morgan fingerprint density at radius 3 is 2.06 bits per heavy atom. The number of likely N-dealkylation sites (tertiary alicyclic amines) is 3. The first-order chi connectivity index (χ1) is 59.5. The number of quaternary nitrogens is 1. The molecule has 680 valence electrons. The second-order valence-corrected chi connectivity index (χ2v) is 40.7. The molecule has 12 rings (SSSR count). The summed E-state index contributed by atoms with van der Waals surface area (Å²) >= 11 is 0. The van der Waals surface area contributed by atoms with Crippen LogP contribution >= 0.6 is 21.6 Å². The minimum absolute atomic E-state index is 0.0486. The number of rotatable bonds is 28. The number of nitrogens with zero attached hydrogens (tertiary/aromatic N) is 2. The molecule has 2 aromatic carbocycles. The van der Waals surface area contributed by atoms with Gasteiger partial charge in [-0.2, -0.15) is 0 Å². The summed E-state index contributed by atoms with van der Waals surface area (Å²) in [5, 5.41) is 61.1. The summed E-state index contributed by atoms with van der Waals surface area (Å²) < 4.78 is 6.19. The smallest absolute Gasteiger partial charge is 0.407 e. The number of carbonyl (C=O) groups is 11. The number of hydrogen-bond acceptors (Lipinski definition) is 18. The third-order valence-electron chi connectivity index (χ3n) is 29.0. The molecule has 0 spiro atoms. The van der Waals surface area contributed by atoms with Crippen LogP contribution in [0.3, 0.4) is 0 Å². The number of carbonyl (C=O) groups excluding carboxylic acids is 11. The lowest BCUT2D eigenvalue weighted by molar-refractivity contribution is -0.887. The Kier molecular flexibility index (Phi) is 33.6. The third kappa shape index (κ3) is 23.7. The Bertz CT molecular complexity index is 4190. The quantitative estimate of drug-likeness (QED) is 0.0276. The predicted octanol–water partition coefficient (Wildman–Crippen LogP) is 5.70. The molecule has 10 aliphatic rings. The van der Waals surface area contributed by atoms with Gasteiger partial charge >= 0.3 is 6.09 Å². The Balaban J connectivity index is 0.777. The molecule has 7 fully saturated rings. The number of alkyl carbamates (subject to hydrolysis) is 1. The molecular formula is C94H138N13O15S2+. The number of ether oxygens (including phenoxy) is 1. The van der Waals surface area contributed by atoms with E-state index in [1.807, 2.05) is 24.3 Å². The molecule has 0 bridgehead atoms. The lowest BCUT2D eigenvalue weighted by Crippen LogP contribution is -3.10. The number of hydrogen-bond donors (Lipinski definition) is 14. The van der Waals surface area contributed by atoms with E-state index in [0.717, 1.165) is 83.9 Å². The maximum absolute atomic E-state index is 15.6. The first kappa shape index (κ1) is 94.8. The van der Waals surface area contributed by atoms with Crippen LogP contribution in [0.1, 0.15) is 194 Å². The molecule has 30 heteroatoms. The van der Waals surface area contributed by atoms with Crippen molar-refractivity contribution in [2.75, 3.05) is 57.9 Å². The number of allylic oxidation sites excluding steroid dienone is 3. The molecule has 4 saturated heterocycles. The number of amides is 11. The van der Waals surface area contributed by atoms with Gasteiger partial charge < -0.3 is 87.9 Å². The molecule has 2 aromatic rings. The van der Waals surface area contributed by atoms with Crippen molar-refractivity contribution in [2.45, 2.75) is 281 Å². The van der Waals surface area contributed by atoms with Gasteiger partial charge in [0.2, 0.25) is 59.1 Å². The summed E-state index contributed by atoms with van der Waals surface area (Å²) in [5.74, 6) is -4.12. The molecule has 11 amide bonds. The zero-order valence-corrected chi connectivity index (χ0v) is 75.4. The summed E-state index contributed by atoms with van der Waals surface area (Å²) in [5.41, 5.74) is 3.75. The number of piperidine rings is 1. The van der Waals surface area contributed by atoms with Gasteiger partial charge in [0.15, 0.2) is 0 Å².